The van der Waals surface area contributed by atoms with Gasteiger partial charge in [0.25, 0.3) is 0 Å². The average Bonchev–Trinajstić information content (AvgIpc) is 2.97. The summed E-state index contributed by atoms with van der Waals surface area (Å²) in [6, 6.07) is 2.31. The molecule has 1 aliphatic rings. The quantitative estimate of drug-likeness (QED) is 0.686. The molecule has 0 heterocycles. The molecule has 4 heteroatoms. The van der Waals surface area contributed by atoms with Crippen LogP contribution in [0.5, 0.6) is 0 Å². The molecule has 0 aromatic carbocycles. The van der Waals surface area contributed by atoms with E-state index in [-0.39, 0.29) is 5.91 Å². The van der Waals surface area contributed by atoms with Crippen molar-refractivity contribution in [1.82, 2.24) is 9.80 Å². The molecule has 0 atom stereocenters. The van der Waals surface area contributed by atoms with Gasteiger partial charge in [-0.3, -0.25) is 4.79 Å². The highest BCUT2D eigenvalue weighted by molar-refractivity contribution is 5.85. The Bertz CT molecular complexity index is 338. The van der Waals surface area contributed by atoms with E-state index in [1.165, 1.54) is 0 Å². The number of hydrogen-bond acceptors (Lipinski definition) is 3. The van der Waals surface area contributed by atoms with Crippen molar-refractivity contribution in [2.24, 2.45) is 5.41 Å². The van der Waals surface area contributed by atoms with Gasteiger partial charge >= 0.3 is 0 Å². The van der Waals surface area contributed by atoms with Gasteiger partial charge in [-0.2, -0.15) is 5.26 Å². The Morgan fingerprint density at radius 1 is 1.10 bits per heavy atom. The molecule has 1 rings (SSSR count). The number of hydrogen-bond donors (Lipinski definition) is 0. The van der Waals surface area contributed by atoms with Crippen LogP contribution in [0.3, 0.4) is 0 Å². The van der Waals surface area contributed by atoms with Gasteiger partial charge in [0.2, 0.25) is 5.91 Å². The summed E-state index contributed by atoms with van der Waals surface area (Å²) in [7, 11) is 0. The molecular formula is C16H29N3O. The molecule has 20 heavy (non-hydrogen) atoms. The van der Waals surface area contributed by atoms with Crippen LogP contribution in [-0.2, 0) is 4.79 Å². The molecular weight excluding hydrogens is 250 g/mol. The predicted octanol–water partition coefficient (Wildman–Crippen LogP) is 2.65. The number of rotatable bonds is 8. The lowest BCUT2D eigenvalue weighted by Gasteiger charge is -2.29. The van der Waals surface area contributed by atoms with Crippen LogP contribution in [0.25, 0.3) is 0 Å². The Morgan fingerprint density at radius 2 is 1.70 bits per heavy atom. The molecule has 0 bridgehead atoms. The van der Waals surface area contributed by atoms with Crippen LogP contribution < -0.4 is 0 Å². The van der Waals surface area contributed by atoms with Crippen LogP contribution in [0, 0.1) is 16.7 Å². The second-order valence-corrected chi connectivity index (χ2v) is 5.67. The first-order valence-corrected chi connectivity index (χ1v) is 8.06. The number of amides is 1. The highest BCUT2D eigenvalue weighted by Gasteiger charge is 2.43. The lowest BCUT2D eigenvalue weighted by molar-refractivity contribution is -0.138. The molecule has 0 unspecified atom stereocenters. The van der Waals surface area contributed by atoms with Gasteiger partial charge in [0.05, 0.1) is 6.07 Å². The third kappa shape index (κ3) is 3.96. The van der Waals surface area contributed by atoms with Crippen LogP contribution in [0.2, 0.25) is 0 Å². The molecule has 1 aliphatic carbocycles. The van der Waals surface area contributed by atoms with E-state index in [2.05, 4.69) is 24.8 Å². The highest BCUT2D eigenvalue weighted by atomic mass is 16.2. The van der Waals surface area contributed by atoms with Crippen molar-refractivity contribution in [1.29, 1.82) is 5.26 Å². The van der Waals surface area contributed by atoms with Crippen LogP contribution in [0.4, 0.5) is 0 Å². The van der Waals surface area contributed by atoms with Crippen molar-refractivity contribution in [3.8, 4) is 6.07 Å². The summed E-state index contributed by atoms with van der Waals surface area (Å²) in [6.45, 7) is 10.9. The lowest BCUT2D eigenvalue weighted by Crippen LogP contribution is -2.43. The predicted molar refractivity (Wildman–Crippen MR) is 81.2 cm³/mol. The van der Waals surface area contributed by atoms with Gasteiger partial charge in [0.1, 0.15) is 5.41 Å². The third-order valence-electron chi connectivity index (χ3n) is 4.55. The van der Waals surface area contributed by atoms with Crippen LogP contribution in [-0.4, -0.2) is 48.4 Å². The largest absolute Gasteiger partial charge is 0.342 e. The first kappa shape index (κ1) is 17.0. The van der Waals surface area contributed by atoms with Crippen molar-refractivity contribution in [2.45, 2.75) is 52.9 Å². The summed E-state index contributed by atoms with van der Waals surface area (Å²) in [6.07, 6.45) is 4.50. The Labute approximate surface area is 123 Å². The minimum Gasteiger partial charge on any atom is -0.342 e. The van der Waals surface area contributed by atoms with E-state index < -0.39 is 5.41 Å². The SMILES string of the molecule is CCN(CC)CCCN(CC)C(=O)C1(C#N)CCCC1. The second-order valence-electron chi connectivity index (χ2n) is 5.67. The summed E-state index contributed by atoms with van der Waals surface area (Å²) in [5.74, 6) is 0.0690. The van der Waals surface area contributed by atoms with Crippen LogP contribution in [0.1, 0.15) is 52.9 Å². The van der Waals surface area contributed by atoms with E-state index in [0.717, 1.165) is 58.3 Å². The number of nitriles is 1. The fourth-order valence-corrected chi connectivity index (χ4v) is 3.08. The molecule has 0 aromatic heterocycles. The molecule has 0 aliphatic heterocycles. The molecule has 114 valence electrons. The molecule has 0 saturated heterocycles. The van der Waals surface area contributed by atoms with Gasteiger partial charge in [0.15, 0.2) is 0 Å². The monoisotopic (exact) mass is 279 g/mol. The molecule has 0 N–H and O–H groups in total. The summed E-state index contributed by atoms with van der Waals surface area (Å²) in [5, 5.41) is 9.42. The topological polar surface area (TPSA) is 47.3 Å². The zero-order valence-electron chi connectivity index (χ0n) is 13.3. The lowest BCUT2D eigenvalue weighted by atomic mass is 9.86. The van der Waals surface area contributed by atoms with Gasteiger partial charge in [0, 0.05) is 13.1 Å². The minimum absolute atomic E-state index is 0.0690. The van der Waals surface area contributed by atoms with E-state index >= 15 is 0 Å². The standard InChI is InChI=1S/C16H29N3O/c1-4-18(5-2)12-9-13-19(6-3)15(20)16(14-17)10-7-8-11-16/h4-13H2,1-3H3. The van der Waals surface area contributed by atoms with E-state index in [1.54, 1.807) is 0 Å². The zero-order chi connectivity index (χ0) is 15.0. The summed E-state index contributed by atoms with van der Waals surface area (Å²) >= 11 is 0. The minimum atomic E-state index is -0.717. The zero-order valence-corrected chi connectivity index (χ0v) is 13.3. The Kier molecular flexibility index (Phi) is 7.01. The summed E-state index contributed by atoms with van der Waals surface area (Å²) < 4.78 is 0. The van der Waals surface area contributed by atoms with E-state index in [4.69, 9.17) is 0 Å². The number of carbonyl (C=O) groups is 1. The molecule has 0 radical (unpaired) electrons. The van der Waals surface area contributed by atoms with E-state index in [9.17, 15) is 10.1 Å². The van der Waals surface area contributed by atoms with Gasteiger partial charge < -0.3 is 9.80 Å². The Hall–Kier alpha value is -1.08. The van der Waals surface area contributed by atoms with Crippen LogP contribution in [0.15, 0.2) is 0 Å². The second kappa shape index (κ2) is 8.26. The van der Waals surface area contributed by atoms with Crippen molar-refractivity contribution in [2.75, 3.05) is 32.7 Å². The highest BCUT2D eigenvalue weighted by Crippen LogP contribution is 2.39. The first-order valence-electron chi connectivity index (χ1n) is 8.06. The Morgan fingerprint density at radius 3 is 2.15 bits per heavy atom. The maximum absolute atomic E-state index is 12.6. The summed E-state index contributed by atoms with van der Waals surface area (Å²) in [5.41, 5.74) is -0.717. The first-order chi connectivity index (χ1) is 9.63. The molecule has 4 nitrogen and oxygen atoms in total. The fourth-order valence-electron chi connectivity index (χ4n) is 3.08. The van der Waals surface area contributed by atoms with E-state index in [1.807, 2.05) is 11.8 Å². The third-order valence-corrected chi connectivity index (χ3v) is 4.55. The van der Waals surface area contributed by atoms with Crippen molar-refractivity contribution in [3.05, 3.63) is 0 Å². The van der Waals surface area contributed by atoms with Gasteiger partial charge in [-0.15, -0.1) is 0 Å². The molecule has 1 amide bonds. The fraction of sp³-hybridized carbons (Fsp3) is 0.875. The molecule has 0 spiro atoms. The molecule has 1 fully saturated rings. The van der Waals surface area contributed by atoms with Gasteiger partial charge in [-0.05, 0) is 45.8 Å². The maximum Gasteiger partial charge on any atom is 0.243 e. The van der Waals surface area contributed by atoms with Crippen molar-refractivity contribution in [3.63, 3.8) is 0 Å². The number of carbonyl (C=O) groups excluding carboxylic acids is 1. The molecule has 1 saturated carbocycles. The smallest absolute Gasteiger partial charge is 0.243 e. The van der Waals surface area contributed by atoms with E-state index in [0.29, 0.717) is 6.54 Å². The summed E-state index contributed by atoms with van der Waals surface area (Å²) in [4.78, 5) is 16.9. The normalized spacial score (nSPS) is 17.1. The Balaban J connectivity index is 2.53. The van der Waals surface area contributed by atoms with Gasteiger partial charge in [-0.1, -0.05) is 26.7 Å². The van der Waals surface area contributed by atoms with Gasteiger partial charge in [-0.25, -0.2) is 0 Å². The van der Waals surface area contributed by atoms with Crippen molar-refractivity contribution < 1.29 is 4.79 Å². The number of nitrogens with zero attached hydrogens (tertiary/aromatic N) is 3. The van der Waals surface area contributed by atoms with Crippen molar-refractivity contribution >= 4 is 5.91 Å². The maximum atomic E-state index is 12.6. The molecule has 0 aromatic rings. The average molecular weight is 279 g/mol. The van der Waals surface area contributed by atoms with Crippen LogP contribution >= 0.6 is 0 Å².